The topological polar surface area (TPSA) is 69.4 Å². The Bertz CT molecular complexity index is 389. The van der Waals surface area contributed by atoms with Crippen molar-refractivity contribution in [3.63, 3.8) is 0 Å². The minimum Gasteiger partial charge on any atom is -0.469 e. The van der Waals surface area contributed by atoms with E-state index in [0.717, 1.165) is 0 Å². The fraction of sp³-hybridized carbons (Fsp3) is 0.300. The molecule has 0 aromatic heterocycles. The van der Waals surface area contributed by atoms with Gasteiger partial charge >= 0.3 is 5.97 Å². The number of hydrogen-bond donors (Lipinski definition) is 0. The van der Waals surface area contributed by atoms with E-state index in [1.807, 2.05) is 0 Å². The van der Waals surface area contributed by atoms with Crippen LogP contribution < -0.4 is 0 Å². The molecule has 0 saturated carbocycles. The van der Waals surface area contributed by atoms with Gasteiger partial charge in [-0.15, -0.1) is 0 Å². The van der Waals surface area contributed by atoms with Crippen LogP contribution in [0.4, 0.5) is 5.69 Å². The molecule has 1 unspecified atom stereocenters. The third kappa shape index (κ3) is 2.31. The van der Waals surface area contributed by atoms with E-state index in [1.165, 1.54) is 13.2 Å². The van der Waals surface area contributed by atoms with Gasteiger partial charge in [0.25, 0.3) is 5.69 Å². The molecule has 15 heavy (non-hydrogen) atoms. The van der Waals surface area contributed by atoms with Gasteiger partial charge in [0.05, 0.1) is 18.0 Å². The van der Waals surface area contributed by atoms with Crippen LogP contribution in [-0.4, -0.2) is 18.0 Å². The lowest BCUT2D eigenvalue weighted by Gasteiger charge is -2.09. The van der Waals surface area contributed by atoms with E-state index >= 15 is 0 Å². The molecule has 0 radical (unpaired) electrons. The molecule has 0 aliphatic carbocycles. The lowest BCUT2D eigenvalue weighted by Crippen LogP contribution is -2.12. The van der Waals surface area contributed by atoms with Crippen LogP contribution in [0.2, 0.25) is 0 Å². The van der Waals surface area contributed by atoms with Gasteiger partial charge in [0.15, 0.2) is 0 Å². The molecule has 0 spiro atoms. The number of nitro groups is 1. The Balaban J connectivity index is 3.13. The number of para-hydroxylation sites is 1. The maximum Gasteiger partial charge on any atom is 0.313 e. The SMILES string of the molecule is COC(=O)C(C)c1ccccc1[N+](=O)[O-]. The maximum atomic E-state index is 11.2. The Labute approximate surface area is 86.8 Å². The largest absolute Gasteiger partial charge is 0.469 e. The van der Waals surface area contributed by atoms with Crippen LogP contribution in [0.25, 0.3) is 0 Å². The Morgan fingerprint density at radius 1 is 1.47 bits per heavy atom. The van der Waals surface area contributed by atoms with E-state index in [4.69, 9.17) is 0 Å². The summed E-state index contributed by atoms with van der Waals surface area (Å²) in [5.41, 5.74) is 0.310. The Kier molecular flexibility index (Phi) is 3.38. The molecule has 0 N–H and O–H groups in total. The highest BCUT2D eigenvalue weighted by Crippen LogP contribution is 2.26. The van der Waals surface area contributed by atoms with Gasteiger partial charge in [-0.25, -0.2) is 0 Å². The van der Waals surface area contributed by atoms with Crippen molar-refractivity contribution in [1.82, 2.24) is 0 Å². The van der Waals surface area contributed by atoms with Crippen molar-refractivity contribution in [3.8, 4) is 0 Å². The number of carbonyl (C=O) groups excluding carboxylic acids is 1. The molecular weight excluding hydrogens is 198 g/mol. The van der Waals surface area contributed by atoms with Crippen LogP contribution in [-0.2, 0) is 9.53 Å². The molecule has 0 aliphatic heterocycles. The Morgan fingerprint density at radius 2 is 2.07 bits per heavy atom. The Morgan fingerprint density at radius 3 is 2.60 bits per heavy atom. The second-order valence-corrected chi connectivity index (χ2v) is 3.06. The predicted octanol–water partition coefficient (Wildman–Crippen LogP) is 1.87. The fourth-order valence-electron chi connectivity index (χ4n) is 1.32. The second kappa shape index (κ2) is 4.54. The van der Waals surface area contributed by atoms with Crippen LogP contribution in [0.5, 0.6) is 0 Å². The van der Waals surface area contributed by atoms with Crippen molar-refractivity contribution in [2.24, 2.45) is 0 Å². The summed E-state index contributed by atoms with van der Waals surface area (Å²) in [6.45, 7) is 1.58. The zero-order valence-electron chi connectivity index (χ0n) is 8.47. The van der Waals surface area contributed by atoms with E-state index < -0.39 is 16.8 Å². The molecule has 1 aromatic rings. The summed E-state index contributed by atoms with van der Waals surface area (Å²) >= 11 is 0. The molecule has 80 valence electrons. The van der Waals surface area contributed by atoms with Crippen molar-refractivity contribution in [2.75, 3.05) is 7.11 Å². The number of methoxy groups -OCH3 is 1. The molecule has 0 saturated heterocycles. The summed E-state index contributed by atoms with van der Waals surface area (Å²) in [5.74, 6) is -1.11. The number of nitro benzene ring substituents is 1. The molecule has 5 nitrogen and oxygen atoms in total. The van der Waals surface area contributed by atoms with Crippen LogP contribution in [0.15, 0.2) is 24.3 Å². The molecule has 1 aromatic carbocycles. The number of nitrogens with zero attached hydrogens (tertiary/aromatic N) is 1. The van der Waals surface area contributed by atoms with Gasteiger partial charge in [-0.05, 0) is 6.92 Å². The maximum absolute atomic E-state index is 11.2. The normalized spacial score (nSPS) is 11.9. The minimum absolute atomic E-state index is 0.0598. The van der Waals surface area contributed by atoms with Crippen LogP contribution in [0.3, 0.4) is 0 Å². The van der Waals surface area contributed by atoms with Crippen LogP contribution in [0, 0.1) is 10.1 Å². The van der Waals surface area contributed by atoms with Gasteiger partial charge in [-0.2, -0.15) is 0 Å². The standard InChI is InChI=1S/C10H11NO4/c1-7(10(12)15-2)8-5-3-4-6-9(8)11(13)14/h3-7H,1-2H3. The van der Waals surface area contributed by atoms with Gasteiger partial charge in [-0.1, -0.05) is 18.2 Å². The minimum atomic E-state index is -0.628. The molecule has 1 atom stereocenters. The molecule has 0 amide bonds. The number of rotatable bonds is 3. The molecule has 0 bridgehead atoms. The zero-order valence-corrected chi connectivity index (χ0v) is 8.47. The third-order valence-corrected chi connectivity index (χ3v) is 2.15. The first-order chi connectivity index (χ1) is 7.07. The number of ether oxygens (including phenoxy) is 1. The number of esters is 1. The average molecular weight is 209 g/mol. The summed E-state index contributed by atoms with van der Waals surface area (Å²) in [6, 6.07) is 6.14. The van der Waals surface area contributed by atoms with Gasteiger partial charge in [-0.3, -0.25) is 14.9 Å². The van der Waals surface area contributed by atoms with Crippen molar-refractivity contribution < 1.29 is 14.5 Å². The Hall–Kier alpha value is -1.91. The van der Waals surface area contributed by atoms with Gasteiger partial charge in [0.1, 0.15) is 0 Å². The molecular formula is C10H11NO4. The van der Waals surface area contributed by atoms with Crippen LogP contribution >= 0.6 is 0 Å². The number of benzene rings is 1. The predicted molar refractivity (Wildman–Crippen MR) is 53.5 cm³/mol. The van der Waals surface area contributed by atoms with Crippen molar-refractivity contribution in [3.05, 3.63) is 39.9 Å². The van der Waals surface area contributed by atoms with E-state index in [-0.39, 0.29) is 5.69 Å². The summed E-state index contributed by atoms with van der Waals surface area (Å²) < 4.78 is 4.54. The summed E-state index contributed by atoms with van der Waals surface area (Å²) in [5, 5.41) is 10.7. The van der Waals surface area contributed by atoms with E-state index in [1.54, 1.807) is 25.1 Å². The summed E-state index contributed by atoms with van der Waals surface area (Å²) in [7, 11) is 1.26. The molecule has 0 heterocycles. The van der Waals surface area contributed by atoms with Crippen molar-refractivity contribution in [1.29, 1.82) is 0 Å². The highest BCUT2D eigenvalue weighted by molar-refractivity contribution is 5.79. The van der Waals surface area contributed by atoms with Gasteiger partial charge in [0.2, 0.25) is 0 Å². The second-order valence-electron chi connectivity index (χ2n) is 3.06. The smallest absolute Gasteiger partial charge is 0.313 e. The summed E-state index contributed by atoms with van der Waals surface area (Å²) in [4.78, 5) is 21.4. The number of carbonyl (C=O) groups is 1. The quantitative estimate of drug-likeness (QED) is 0.433. The highest BCUT2D eigenvalue weighted by atomic mass is 16.6. The van der Waals surface area contributed by atoms with E-state index in [0.29, 0.717) is 5.56 Å². The third-order valence-electron chi connectivity index (χ3n) is 2.15. The molecule has 0 fully saturated rings. The van der Waals surface area contributed by atoms with Crippen molar-refractivity contribution >= 4 is 11.7 Å². The lowest BCUT2D eigenvalue weighted by atomic mass is 10.00. The van der Waals surface area contributed by atoms with E-state index in [2.05, 4.69) is 4.74 Å². The molecule has 0 aliphatic rings. The lowest BCUT2D eigenvalue weighted by molar-refractivity contribution is -0.385. The zero-order chi connectivity index (χ0) is 11.4. The monoisotopic (exact) mass is 209 g/mol. The number of hydrogen-bond acceptors (Lipinski definition) is 4. The molecule has 1 rings (SSSR count). The highest BCUT2D eigenvalue weighted by Gasteiger charge is 2.23. The average Bonchev–Trinajstić information content (AvgIpc) is 2.27. The van der Waals surface area contributed by atoms with Crippen LogP contribution in [0.1, 0.15) is 18.4 Å². The first-order valence-corrected chi connectivity index (χ1v) is 4.39. The van der Waals surface area contributed by atoms with Crippen molar-refractivity contribution in [2.45, 2.75) is 12.8 Å². The van der Waals surface area contributed by atoms with Gasteiger partial charge < -0.3 is 4.74 Å². The molecule has 5 heteroatoms. The summed E-state index contributed by atoms with van der Waals surface area (Å²) in [6.07, 6.45) is 0. The fourth-order valence-corrected chi connectivity index (χ4v) is 1.32. The first kappa shape index (κ1) is 11.2. The van der Waals surface area contributed by atoms with Gasteiger partial charge in [0, 0.05) is 11.6 Å². The first-order valence-electron chi connectivity index (χ1n) is 4.39. The van der Waals surface area contributed by atoms with E-state index in [9.17, 15) is 14.9 Å².